The van der Waals surface area contributed by atoms with E-state index in [1.54, 1.807) is 12.4 Å². The zero-order valence-corrected chi connectivity index (χ0v) is 10.7. The van der Waals surface area contributed by atoms with Crippen LogP contribution >= 0.6 is 11.3 Å². The van der Waals surface area contributed by atoms with Crippen molar-refractivity contribution in [2.45, 2.75) is 20.0 Å². The van der Waals surface area contributed by atoms with Gasteiger partial charge in [-0.2, -0.15) is 0 Å². The zero-order valence-electron chi connectivity index (χ0n) is 9.85. The van der Waals surface area contributed by atoms with Crippen LogP contribution in [-0.2, 0) is 19.1 Å². The molecule has 0 aliphatic carbocycles. The lowest BCUT2D eigenvalue weighted by Crippen LogP contribution is -2.17. The van der Waals surface area contributed by atoms with E-state index in [-0.39, 0.29) is 5.57 Å². The first-order valence-electron chi connectivity index (χ1n) is 4.81. The Kier molecular flexibility index (Phi) is 4.39. The number of thiazole rings is 1. The highest BCUT2D eigenvalue weighted by Gasteiger charge is 2.27. The number of methoxy groups -OCH3 is 1. The summed E-state index contributed by atoms with van der Waals surface area (Å²) >= 11 is 1.30. The van der Waals surface area contributed by atoms with Gasteiger partial charge in [0.2, 0.25) is 0 Å². The lowest BCUT2D eigenvalue weighted by molar-refractivity contribution is -0.147. The van der Waals surface area contributed by atoms with E-state index in [1.807, 2.05) is 0 Å². The summed E-state index contributed by atoms with van der Waals surface area (Å²) < 4.78 is 9.66. The molecule has 0 aromatic carbocycles. The second kappa shape index (κ2) is 5.58. The molecule has 5 nitrogen and oxygen atoms in total. The highest BCUT2D eigenvalue weighted by atomic mass is 32.1. The van der Waals surface area contributed by atoms with Gasteiger partial charge >= 0.3 is 11.9 Å². The van der Waals surface area contributed by atoms with Crippen LogP contribution in [0.2, 0.25) is 0 Å². The smallest absolute Gasteiger partial charge is 0.337 e. The van der Waals surface area contributed by atoms with Crippen molar-refractivity contribution in [1.29, 1.82) is 0 Å². The Morgan fingerprint density at radius 2 is 2.18 bits per heavy atom. The fraction of sp³-hybridized carbons (Fsp3) is 0.364. The van der Waals surface area contributed by atoms with Gasteiger partial charge in [0.15, 0.2) is 6.10 Å². The van der Waals surface area contributed by atoms with Crippen molar-refractivity contribution in [2.24, 2.45) is 0 Å². The number of aromatic nitrogens is 1. The number of carbonyl (C=O) groups excluding carboxylic acids is 2. The molecular formula is C11H13NO4S. The molecule has 1 aromatic rings. The molecule has 1 atom stereocenters. The summed E-state index contributed by atoms with van der Waals surface area (Å²) in [5, 5.41) is 0. The molecule has 0 bridgehead atoms. The molecule has 1 rings (SSSR count). The van der Waals surface area contributed by atoms with Gasteiger partial charge in [0, 0.05) is 6.92 Å². The van der Waals surface area contributed by atoms with Crippen LogP contribution < -0.4 is 0 Å². The molecule has 0 spiro atoms. The zero-order chi connectivity index (χ0) is 13.0. The van der Waals surface area contributed by atoms with Crippen LogP contribution in [0.3, 0.4) is 0 Å². The maximum Gasteiger partial charge on any atom is 0.337 e. The third-order valence-electron chi connectivity index (χ3n) is 2.07. The molecular weight excluding hydrogens is 242 g/mol. The van der Waals surface area contributed by atoms with Crippen LogP contribution in [-0.4, -0.2) is 24.0 Å². The molecule has 1 aromatic heterocycles. The molecule has 0 saturated carbocycles. The maximum absolute atomic E-state index is 11.4. The number of carbonyl (C=O) groups is 2. The number of rotatable bonds is 4. The topological polar surface area (TPSA) is 65.5 Å². The molecule has 0 aliphatic rings. The molecule has 17 heavy (non-hydrogen) atoms. The normalized spacial score (nSPS) is 11.7. The summed E-state index contributed by atoms with van der Waals surface area (Å²) in [4.78, 5) is 27.2. The van der Waals surface area contributed by atoms with E-state index in [1.165, 1.54) is 25.4 Å². The predicted octanol–water partition coefficient (Wildman–Crippen LogP) is 1.78. The third-order valence-corrected chi connectivity index (χ3v) is 3.04. The number of ether oxygens (including phenoxy) is 2. The molecule has 92 valence electrons. The summed E-state index contributed by atoms with van der Waals surface area (Å²) in [7, 11) is 1.25. The second-order valence-corrected chi connectivity index (χ2v) is 4.19. The molecule has 0 amide bonds. The lowest BCUT2D eigenvalue weighted by atomic mass is 10.1. The standard InChI is InChI=1S/C11H13NO4S/c1-6(11(14)15-4)9(16-8(3)13)10-7(2)12-5-17-10/h5,9H,1H2,2-4H3. The average Bonchev–Trinajstić information content (AvgIpc) is 2.70. The van der Waals surface area contributed by atoms with Gasteiger partial charge < -0.3 is 9.47 Å². The van der Waals surface area contributed by atoms with Crippen molar-refractivity contribution >= 4 is 23.3 Å². The molecule has 1 unspecified atom stereocenters. The number of aryl methyl sites for hydroxylation is 1. The first-order chi connectivity index (χ1) is 7.97. The van der Waals surface area contributed by atoms with Crippen molar-refractivity contribution in [2.75, 3.05) is 7.11 Å². The minimum atomic E-state index is -0.826. The number of esters is 2. The largest absolute Gasteiger partial charge is 0.466 e. The second-order valence-electron chi connectivity index (χ2n) is 3.31. The van der Waals surface area contributed by atoms with E-state index < -0.39 is 18.0 Å². The fourth-order valence-corrected chi connectivity index (χ4v) is 2.11. The first kappa shape index (κ1) is 13.4. The summed E-state index contributed by atoms with van der Waals surface area (Å²) in [6, 6.07) is 0. The molecule has 0 radical (unpaired) electrons. The SMILES string of the molecule is C=C(C(=O)OC)C(OC(C)=O)c1scnc1C. The van der Waals surface area contributed by atoms with Gasteiger partial charge in [-0.05, 0) is 6.92 Å². The Hall–Kier alpha value is -1.69. The minimum absolute atomic E-state index is 0.0788. The van der Waals surface area contributed by atoms with Crippen molar-refractivity contribution in [3.8, 4) is 0 Å². The minimum Gasteiger partial charge on any atom is -0.466 e. The number of hydrogen-bond donors (Lipinski definition) is 0. The van der Waals surface area contributed by atoms with Crippen molar-refractivity contribution in [3.05, 3.63) is 28.2 Å². The average molecular weight is 255 g/mol. The Labute approximate surface area is 103 Å². The Morgan fingerprint density at radius 3 is 2.59 bits per heavy atom. The van der Waals surface area contributed by atoms with Crippen LogP contribution in [0, 0.1) is 6.92 Å². The summed E-state index contributed by atoms with van der Waals surface area (Å²) in [6.07, 6.45) is -0.826. The Morgan fingerprint density at radius 1 is 1.53 bits per heavy atom. The van der Waals surface area contributed by atoms with Crippen molar-refractivity contribution in [1.82, 2.24) is 4.98 Å². The molecule has 0 saturated heterocycles. The Balaban J connectivity index is 3.04. The highest BCUT2D eigenvalue weighted by molar-refractivity contribution is 7.09. The van der Waals surface area contributed by atoms with Crippen LogP contribution in [0.15, 0.2) is 17.7 Å². The van der Waals surface area contributed by atoms with Crippen LogP contribution in [0.5, 0.6) is 0 Å². The predicted molar refractivity (Wildman–Crippen MR) is 62.5 cm³/mol. The van der Waals surface area contributed by atoms with Gasteiger partial charge in [-0.1, -0.05) is 6.58 Å². The first-order valence-corrected chi connectivity index (χ1v) is 5.69. The fourth-order valence-electron chi connectivity index (χ4n) is 1.25. The molecule has 0 N–H and O–H groups in total. The van der Waals surface area contributed by atoms with E-state index in [4.69, 9.17) is 4.74 Å². The maximum atomic E-state index is 11.4. The summed E-state index contributed by atoms with van der Waals surface area (Å²) in [5.41, 5.74) is 2.40. The molecule has 1 heterocycles. The van der Waals surface area contributed by atoms with E-state index in [0.29, 0.717) is 10.6 Å². The lowest BCUT2D eigenvalue weighted by Gasteiger charge is -2.17. The molecule has 0 aliphatic heterocycles. The van der Waals surface area contributed by atoms with E-state index >= 15 is 0 Å². The summed E-state index contributed by atoms with van der Waals surface area (Å²) in [6.45, 7) is 6.65. The van der Waals surface area contributed by atoms with Crippen LogP contribution in [0.1, 0.15) is 23.6 Å². The molecule has 0 fully saturated rings. The van der Waals surface area contributed by atoms with Gasteiger partial charge in [0.05, 0.1) is 28.8 Å². The third kappa shape index (κ3) is 3.13. The van der Waals surface area contributed by atoms with Crippen LogP contribution in [0.4, 0.5) is 0 Å². The van der Waals surface area contributed by atoms with Crippen molar-refractivity contribution in [3.63, 3.8) is 0 Å². The van der Waals surface area contributed by atoms with Crippen LogP contribution in [0.25, 0.3) is 0 Å². The van der Waals surface area contributed by atoms with E-state index in [9.17, 15) is 9.59 Å². The monoisotopic (exact) mass is 255 g/mol. The Bertz CT molecular complexity index is 452. The molecule has 6 heteroatoms. The van der Waals surface area contributed by atoms with E-state index in [0.717, 1.165) is 0 Å². The van der Waals surface area contributed by atoms with Gasteiger partial charge in [-0.3, -0.25) is 4.79 Å². The number of nitrogens with zero attached hydrogens (tertiary/aromatic N) is 1. The van der Waals surface area contributed by atoms with Gasteiger partial charge in [-0.15, -0.1) is 11.3 Å². The van der Waals surface area contributed by atoms with Gasteiger partial charge in [-0.25, -0.2) is 9.78 Å². The number of hydrogen-bond acceptors (Lipinski definition) is 6. The highest BCUT2D eigenvalue weighted by Crippen LogP contribution is 2.31. The van der Waals surface area contributed by atoms with Gasteiger partial charge in [0.1, 0.15) is 0 Å². The summed E-state index contributed by atoms with van der Waals surface area (Å²) in [5.74, 6) is -1.10. The quantitative estimate of drug-likeness (QED) is 0.606. The van der Waals surface area contributed by atoms with E-state index in [2.05, 4.69) is 16.3 Å². The van der Waals surface area contributed by atoms with Crippen molar-refractivity contribution < 1.29 is 19.1 Å². The van der Waals surface area contributed by atoms with Gasteiger partial charge in [0.25, 0.3) is 0 Å².